The van der Waals surface area contributed by atoms with Gasteiger partial charge in [-0.3, -0.25) is 4.90 Å². The third-order valence-electron chi connectivity index (χ3n) is 3.82. The Hall–Kier alpha value is -1.17. The van der Waals surface area contributed by atoms with Crippen LogP contribution in [0.2, 0.25) is 0 Å². The van der Waals surface area contributed by atoms with Gasteiger partial charge >= 0.3 is 0 Å². The Labute approximate surface area is 123 Å². The van der Waals surface area contributed by atoms with Crippen molar-refractivity contribution in [2.24, 2.45) is 0 Å². The van der Waals surface area contributed by atoms with Crippen molar-refractivity contribution in [3.8, 4) is 0 Å². The summed E-state index contributed by atoms with van der Waals surface area (Å²) in [5.41, 5.74) is 1.09. The molecule has 0 unspecified atom stereocenters. The van der Waals surface area contributed by atoms with E-state index in [2.05, 4.69) is 34.9 Å². The van der Waals surface area contributed by atoms with Crippen molar-refractivity contribution in [3.05, 3.63) is 24.3 Å². The van der Waals surface area contributed by atoms with Gasteiger partial charge in [-0.2, -0.15) is 0 Å². The van der Waals surface area contributed by atoms with Crippen molar-refractivity contribution in [2.75, 3.05) is 31.1 Å². The lowest BCUT2D eigenvalue weighted by Crippen LogP contribution is -2.53. The van der Waals surface area contributed by atoms with E-state index in [4.69, 9.17) is 4.98 Å². The Morgan fingerprint density at radius 3 is 2.90 bits per heavy atom. The summed E-state index contributed by atoms with van der Waals surface area (Å²) >= 11 is 1.77. The maximum absolute atomic E-state index is 9.54. The molecule has 0 bridgehead atoms. The number of thiazole rings is 1. The zero-order valence-electron chi connectivity index (χ0n) is 12.0. The van der Waals surface area contributed by atoms with Gasteiger partial charge in [-0.05, 0) is 26.0 Å². The van der Waals surface area contributed by atoms with Gasteiger partial charge in [0.25, 0.3) is 0 Å². The average molecular weight is 291 g/mol. The predicted octanol–water partition coefficient (Wildman–Crippen LogP) is 2.19. The summed E-state index contributed by atoms with van der Waals surface area (Å²) in [7, 11) is 0. The van der Waals surface area contributed by atoms with E-state index in [1.807, 2.05) is 13.0 Å². The first-order valence-corrected chi connectivity index (χ1v) is 7.98. The van der Waals surface area contributed by atoms with Gasteiger partial charge in [0.2, 0.25) is 0 Å². The number of hydrogen-bond donors (Lipinski definition) is 1. The minimum atomic E-state index is -0.258. The first-order chi connectivity index (χ1) is 9.63. The van der Waals surface area contributed by atoms with Crippen LogP contribution >= 0.6 is 11.3 Å². The van der Waals surface area contributed by atoms with E-state index >= 15 is 0 Å². The highest BCUT2D eigenvalue weighted by Gasteiger charge is 2.26. The normalized spacial score (nSPS) is 22.4. The van der Waals surface area contributed by atoms with Crippen LogP contribution in [0.25, 0.3) is 10.2 Å². The van der Waals surface area contributed by atoms with Gasteiger partial charge in [0, 0.05) is 32.2 Å². The van der Waals surface area contributed by atoms with Crippen LogP contribution in [0.5, 0.6) is 0 Å². The third kappa shape index (κ3) is 2.80. The molecule has 1 aromatic carbocycles. The van der Waals surface area contributed by atoms with Crippen LogP contribution in [0, 0.1) is 0 Å². The van der Waals surface area contributed by atoms with Crippen LogP contribution in [0.3, 0.4) is 0 Å². The second kappa shape index (κ2) is 5.68. The van der Waals surface area contributed by atoms with Gasteiger partial charge in [0.05, 0.1) is 16.3 Å². The maximum atomic E-state index is 9.54. The molecule has 1 N–H and O–H groups in total. The lowest BCUT2D eigenvalue weighted by Gasteiger charge is -2.40. The molecule has 1 aliphatic heterocycles. The van der Waals surface area contributed by atoms with Gasteiger partial charge < -0.3 is 10.0 Å². The molecule has 1 aliphatic rings. The molecule has 1 saturated heterocycles. The molecule has 0 saturated carbocycles. The highest BCUT2D eigenvalue weighted by Crippen LogP contribution is 2.29. The number of para-hydroxylation sites is 1. The summed E-state index contributed by atoms with van der Waals surface area (Å²) in [6, 6.07) is 8.75. The topological polar surface area (TPSA) is 39.6 Å². The number of piperazine rings is 1. The molecule has 0 amide bonds. The van der Waals surface area contributed by atoms with Crippen LogP contribution in [-0.4, -0.2) is 53.3 Å². The van der Waals surface area contributed by atoms with Crippen LogP contribution in [0.15, 0.2) is 24.3 Å². The van der Waals surface area contributed by atoms with Crippen molar-refractivity contribution in [2.45, 2.75) is 26.0 Å². The fraction of sp³-hybridized carbons (Fsp3) is 0.533. The summed E-state index contributed by atoms with van der Waals surface area (Å²) in [6.07, 6.45) is -0.258. The van der Waals surface area contributed by atoms with Crippen molar-refractivity contribution < 1.29 is 5.11 Å². The largest absolute Gasteiger partial charge is 0.392 e. The van der Waals surface area contributed by atoms with Crippen LogP contribution < -0.4 is 4.90 Å². The minimum absolute atomic E-state index is 0.258. The molecule has 5 heteroatoms. The number of benzene rings is 1. The molecule has 0 radical (unpaired) electrons. The highest BCUT2D eigenvalue weighted by molar-refractivity contribution is 7.22. The van der Waals surface area contributed by atoms with Gasteiger partial charge in [-0.25, -0.2) is 4.98 Å². The van der Waals surface area contributed by atoms with Gasteiger partial charge in [0.1, 0.15) is 0 Å². The molecular weight excluding hydrogens is 270 g/mol. The Bertz CT molecular complexity index is 550. The van der Waals surface area contributed by atoms with Crippen molar-refractivity contribution in [1.82, 2.24) is 9.88 Å². The van der Waals surface area contributed by atoms with E-state index in [1.54, 1.807) is 11.3 Å². The first-order valence-electron chi connectivity index (χ1n) is 7.16. The predicted molar refractivity (Wildman–Crippen MR) is 84.5 cm³/mol. The molecule has 2 aromatic rings. The SMILES string of the molecule is C[C@H](O)CN1CCN(c2nc3ccccc3s2)C[C@H]1C. The van der Waals surface area contributed by atoms with Crippen molar-refractivity contribution in [1.29, 1.82) is 0 Å². The highest BCUT2D eigenvalue weighted by atomic mass is 32.1. The Kier molecular flexibility index (Phi) is 3.92. The van der Waals surface area contributed by atoms with E-state index < -0.39 is 0 Å². The standard InChI is InChI=1S/C15H21N3OS/c1-11-9-18(8-7-17(11)10-12(2)19)15-16-13-5-3-4-6-14(13)20-15/h3-6,11-12,19H,7-10H2,1-2H3/t11-,12+/m1/s1. The molecule has 0 spiro atoms. The van der Waals surface area contributed by atoms with E-state index in [0.717, 1.165) is 36.8 Å². The molecule has 0 aliphatic carbocycles. The third-order valence-corrected chi connectivity index (χ3v) is 4.91. The second-order valence-corrected chi connectivity index (χ2v) is 6.61. The van der Waals surface area contributed by atoms with Crippen LogP contribution in [0.4, 0.5) is 5.13 Å². The van der Waals surface area contributed by atoms with Gasteiger partial charge in [-0.1, -0.05) is 23.5 Å². The smallest absolute Gasteiger partial charge is 0.186 e. The van der Waals surface area contributed by atoms with E-state index in [-0.39, 0.29) is 6.10 Å². The van der Waals surface area contributed by atoms with Crippen LogP contribution in [0.1, 0.15) is 13.8 Å². The first kappa shape index (κ1) is 13.8. The van der Waals surface area contributed by atoms with Gasteiger partial charge in [0.15, 0.2) is 5.13 Å². The molecule has 4 nitrogen and oxygen atoms in total. The van der Waals surface area contributed by atoms with E-state index in [0.29, 0.717) is 6.04 Å². The molecule has 20 heavy (non-hydrogen) atoms. The fourth-order valence-electron chi connectivity index (χ4n) is 2.77. The summed E-state index contributed by atoms with van der Waals surface area (Å²) in [4.78, 5) is 9.46. The average Bonchev–Trinajstić information content (AvgIpc) is 2.84. The number of aliphatic hydroxyl groups is 1. The molecule has 1 fully saturated rings. The number of aliphatic hydroxyl groups excluding tert-OH is 1. The molecular formula is C15H21N3OS. The second-order valence-electron chi connectivity index (χ2n) is 5.60. The van der Waals surface area contributed by atoms with Gasteiger partial charge in [-0.15, -0.1) is 0 Å². The fourth-order valence-corrected chi connectivity index (χ4v) is 3.78. The van der Waals surface area contributed by atoms with E-state index in [9.17, 15) is 5.11 Å². The van der Waals surface area contributed by atoms with Crippen LogP contribution in [-0.2, 0) is 0 Å². The molecule has 3 rings (SSSR count). The van der Waals surface area contributed by atoms with E-state index in [1.165, 1.54) is 4.70 Å². The molecule has 2 heterocycles. The molecule has 1 aromatic heterocycles. The maximum Gasteiger partial charge on any atom is 0.186 e. The van der Waals surface area contributed by atoms with Crippen molar-refractivity contribution >= 4 is 26.7 Å². The molecule has 2 atom stereocenters. The summed E-state index contributed by atoms with van der Waals surface area (Å²) in [5.74, 6) is 0. The molecule has 108 valence electrons. The number of aromatic nitrogens is 1. The number of β-amino-alcohol motifs (C(OH)–C–C–N with tert-alkyl or cyclic N) is 1. The zero-order valence-corrected chi connectivity index (χ0v) is 12.8. The number of anilines is 1. The lowest BCUT2D eigenvalue weighted by atomic mass is 10.2. The lowest BCUT2D eigenvalue weighted by molar-refractivity contribution is 0.0960. The summed E-state index contributed by atoms with van der Waals surface area (Å²) < 4.78 is 1.25. The number of fused-ring (bicyclic) bond motifs is 1. The summed E-state index contributed by atoms with van der Waals surface area (Å²) in [6.45, 7) is 7.79. The van der Waals surface area contributed by atoms with Crippen molar-refractivity contribution in [3.63, 3.8) is 0 Å². The quantitative estimate of drug-likeness (QED) is 0.941. The Morgan fingerprint density at radius 2 is 2.20 bits per heavy atom. The number of nitrogens with zero attached hydrogens (tertiary/aromatic N) is 3. The Balaban J connectivity index is 1.73. The minimum Gasteiger partial charge on any atom is -0.392 e. The monoisotopic (exact) mass is 291 g/mol. The zero-order chi connectivity index (χ0) is 14.1. The Morgan fingerprint density at radius 1 is 1.40 bits per heavy atom. The number of rotatable bonds is 3. The summed E-state index contributed by atoms with van der Waals surface area (Å²) in [5, 5.41) is 10.7. The number of hydrogen-bond acceptors (Lipinski definition) is 5.